The van der Waals surface area contributed by atoms with Crippen LogP contribution in [-0.4, -0.2) is 21.9 Å². The van der Waals surface area contributed by atoms with Gasteiger partial charge in [0.1, 0.15) is 13.2 Å². The fraction of sp³-hybridized carbons (Fsp3) is 0.182. The number of aryl methyl sites for hydroxylation is 2. The van der Waals surface area contributed by atoms with E-state index in [1.165, 1.54) is 0 Å². The Morgan fingerprint density at radius 1 is 0.679 bits per heavy atom. The molecule has 0 radical (unpaired) electrons. The van der Waals surface area contributed by atoms with E-state index in [0.717, 1.165) is 0 Å². The highest BCUT2D eigenvalue weighted by Gasteiger charge is 2.14. The average molecular weight is 376 g/mol. The van der Waals surface area contributed by atoms with Crippen molar-refractivity contribution in [1.82, 2.24) is 9.97 Å². The van der Waals surface area contributed by atoms with Crippen molar-refractivity contribution in [3.05, 3.63) is 94.6 Å². The van der Waals surface area contributed by atoms with Gasteiger partial charge in [-0.05, 0) is 38.1 Å². The zero-order valence-corrected chi connectivity index (χ0v) is 15.7. The van der Waals surface area contributed by atoms with Crippen molar-refractivity contribution in [3.63, 3.8) is 0 Å². The molecule has 3 rings (SSSR count). The topological polar surface area (TPSA) is 78.4 Å². The van der Waals surface area contributed by atoms with E-state index in [2.05, 4.69) is 9.97 Å². The van der Waals surface area contributed by atoms with Crippen LogP contribution in [0.2, 0.25) is 0 Å². The highest BCUT2D eigenvalue weighted by Crippen LogP contribution is 2.13. The molecule has 0 spiro atoms. The summed E-state index contributed by atoms with van der Waals surface area (Å²) in [5, 5.41) is 0. The molecule has 0 atom stereocenters. The second kappa shape index (κ2) is 8.90. The van der Waals surface area contributed by atoms with Crippen LogP contribution in [-0.2, 0) is 22.7 Å². The Kier molecular flexibility index (Phi) is 6.11. The van der Waals surface area contributed by atoms with Crippen LogP contribution in [0.5, 0.6) is 0 Å². The Balaban J connectivity index is 1.62. The maximum Gasteiger partial charge on any atom is 0.338 e. The normalized spacial score (nSPS) is 10.4. The zero-order chi connectivity index (χ0) is 19.9. The Labute approximate surface area is 163 Å². The summed E-state index contributed by atoms with van der Waals surface area (Å²) in [5.74, 6) is -0.833. The number of ether oxygens (including phenoxy) is 2. The number of rotatable bonds is 6. The van der Waals surface area contributed by atoms with E-state index in [1.807, 2.05) is 12.1 Å². The highest BCUT2D eigenvalue weighted by molar-refractivity contribution is 5.89. The SMILES string of the molecule is Cc1nc(COC(=O)c2ccccc2)c(C)nc1COC(=O)c1ccccc1. The van der Waals surface area contributed by atoms with Crippen LogP contribution in [0.25, 0.3) is 0 Å². The van der Waals surface area contributed by atoms with E-state index in [-0.39, 0.29) is 13.2 Å². The van der Waals surface area contributed by atoms with Gasteiger partial charge >= 0.3 is 11.9 Å². The molecular weight excluding hydrogens is 356 g/mol. The first-order valence-electron chi connectivity index (χ1n) is 8.82. The van der Waals surface area contributed by atoms with Gasteiger partial charge in [0, 0.05) is 0 Å². The molecule has 0 saturated carbocycles. The smallest absolute Gasteiger partial charge is 0.338 e. The van der Waals surface area contributed by atoms with Crippen LogP contribution >= 0.6 is 0 Å². The van der Waals surface area contributed by atoms with E-state index in [0.29, 0.717) is 33.9 Å². The Bertz CT molecular complexity index is 891. The minimum Gasteiger partial charge on any atom is -0.456 e. The van der Waals surface area contributed by atoms with E-state index in [9.17, 15) is 9.59 Å². The van der Waals surface area contributed by atoms with Gasteiger partial charge in [-0.15, -0.1) is 0 Å². The lowest BCUT2D eigenvalue weighted by Crippen LogP contribution is -2.12. The molecule has 1 heterocycles. The lowest BCUT2D eigenvalue weighted by atomic mass is 10.2. The van der Waals surface area contributed by atoms with E-state index in [1.54, 1.807) is 62.4 Å². The standard InChI is InChI=1S/C22H20N2O4/c1-15-19(13-27-21(25)17-9-5-3-6-10-17)24-16(2)20(23-15)14-28-22(26)18-11-7-4-8-12-18/h3-12H,13-14H2,1-2H3. The maximum atomic E-state index is 12.1. The number of aromatic nitrogens is 2. The molecule has 142 valence electrons. The summed E-state index contributed by atoms with van der Waals surface area (Å²) in [5.41, 5.74) is 3.35. The van der Waals surface area contributed by atoms with Crippen molar-refractivity contribution in [2.45, 2.75) is 27.1 Å². The number of carbonyl (C=O) groups is 2. The quantitative estimate of drug-likeness (QED) is 0.609. The van der Waals surface area contributed by atoms with Crippen LogP contribution in [0.15, 0.2) is 60.7 Å². The zero-order valence-electron chi connectivity index (χ0n) is 15.7. The van der Waals surface area contributed by atoms with Crippen LogP contribution in [0.3, 0.4) is 0 Å². The maximum absolute atomic E-state index is 12.1. The van der Waals surface area contributed by atoms with Crippen molar-refractivity contribution in [2.24, 2.45) is 0 Å². The molecule has 0 bridgehead atoms. The van der Waals surface area contributed by atoms with Crippen LogP contribution < -0.4 is 0 Å². The van der Waals surface area contributed by atoms with Gasteiger partial charge < -0.3 is 9.47 Å². The van der Waals surface area contributed by atoms with Gasteiger partial charge in [0.25, 0.3) is 0 Å². The molecule has 6 heteroatoms. The van der Waals surface area contributed by atoms with Crippen molar-refractivity contribution in [3.8, 4) is 0 Å². The summed E-state index contributed by atoms with van der Waals surface area (Å²) >= 11 is 0. The van der Waals surface area contributed by atoms with Crippen LogP contribution in [0.4, 0.5) is 0 Å². The Morgan fingerprint density at radius 2 is 1.04 bits per heavy atom. The predicted molar refractivity (Wildman–Crippen MR) is 103 cm³/mol. The lowest BCUT2D eigenvalue weighted by molar-refractivity contribution is 0.0450. The van der Waals surface area contributed by atoms with E-state index in [4.69, 9.17) is 9.47 Å². The molecule has 0 saturated heterocycles. The molecule has 2 aromatic carbocycles. The van der Waals surface area contributed by atoms with E-state index < -0.39 is 11.9 Å². The first kappa shape index (κ1) is 19.2. The first-order chi connectivity index (χ1) is 13.5. The van der Waals surface area contributed by atoms with Gasteiger partial charge in [-0.3, -0.25) is 9.97 Å². The minimum absolute atomic E-state index is 0.0253. The predicted octanol–water partition coefficient (Wildman–Crippen LogP) is 3.81. The van der Waals surface area contributed by atoms with Crippen LogP contribution in [0, 0.1) is 13.8 Å². The molecule has 0 aliphatic heterocycles. The number of esters is 2. The number of carbonyl (C=O) groups excluding carboxylic acids is 2. The second-order valence-electron chi connectivity index (χ2n) is 6.17. The summed E-state index contributed by atoms with van der Waals surface area (Å²) < 4.78 is 10.6. The van der Waals surface area contributed by atoms with Gasteiger partial charge in [0.05, 0.1) is 33.9 Å². The number of benzene rings is 2. The molecular formula is C22H20N2O4. The summed E-state index contributed by atoms with van der Waals surface area (Å²) in [6.45, 7) is 3.61. The largest absolute Gasteiger partial charge is 0.456 e. The van der Waals surface area contributed by atoms with Crippen LogP contribution in [0.1, 0.15) is 43.5 Å². The third-order valence-electron chi connectivity index (χ3n) is 4.14. The van der Waals surface area contributed by atoms with Crippen molar-refractivity contribution < 1.29 is 19.1 Å². The molecule has 1 aromatic heterocycles. The van der Waals surface area contributed by atoms with Crippen molar-refractivity contribution in [2.75, 3.05) is 0 Å². The minimum atomic E-state index is -0.416. The average Bonchev–Trinajstić information content (AvgIpc) is 2.73. The molecule has 0 fully saturated rings. The van der Waals surface area contributed by atoms with Gasteiger partial charge in [-0.25, -0.2) is 9.59 Å². The Hall–Kier alpha value is -3.54. The summed E-state index contributed by atoms with van der Waals surface area (Å²) in [7, 11) is 0. The molecule has 0 aliphatic carbocycles. The summed E-state index contributed by atoms with van der Waals surface area (Å²) in [6, 6.07) is 17.5. The molecule has 0 N–H and O–H groups in total. The Morgan fingerprint density at radius 3 is 1.39 bits per heavy atom. The molecule has 3 aromatic rings. The van der Waals surface area contributed by atoms with Gasteiger partial charge in [0.15, 0.2) is 0 Å². The number of hydrogen-bond acceptors (Lipinski definition) is 6. The fourth-order valence-corrected chi connectivity index (χ4v) is 2.55. The monoisotopic (exact) mass is 376 g/mol. The molecule has 6 nitrogen and oxygen atoms in total. The summed E-state index contributed by atoms with van der Waals surface area (Å²) in [6.07, 6.45) is 0. The van der Waals surface area contributed by atoms with Gasteiger partial charge in [-0.1, -0.05) is 36.4 Å². The first-order valence-corrected chi connectivity index (χ1v) is 8.82. The van der Waals surface area contributed by atoms with E-state index >= 15 is 0 Å². The van der Waals surface area contributed by atoms with Gasteiger partial charge in [-0.2, -0.15) is 0 Å². The second-order valence-corrected chi connectivity index (χ2v) is 6.17. The molecule has 0 unspecified atom stereocenters. The lowest BCUT2D eigenvalue weighted by Gasteiger charge is -2.11. The molecule has 0 amide bonds. The van der Waals surface area contributed by atoms with Crippen molar-refractivity contribution >= 4 is 11.9 Å². The molecule has 28 heavy (non-hydrogen) atoms. The highest BCUT2D eigenvalue weighted by atomic mass is 16.5. The fourth-order valence-electron chi connectivity index (χ4n) is 2.55. The van der Waals surface area contributed by atoms with Crippen molar-refractivity contribution in [1.29, 1.82) is 0 Å². The molecule has 0 aliphatic rings. The van der Waals surface area contributed by atoms with Gasteiger partial charge in [0.2, 0.25) is 0 Å². The number of hydrogen-bond donors (Lipinski definition) is 0. The number of nitrogens with zero attached hydrogens (tertiary/aromatic N) is 2. The third kappa shape index (κ3) is 4.79. The third-order valence-corrected chi connectivity index (χ3v) is 4.14. The summed E-state index contributed by atoms with van der Waals surface area (Å²) in [4.78, 5) is 33.0.